The molecule has 0 atom stereocenters. The predicted octanol–water partition coefficient (Wildman–Crippen LogP) is 14.5. The third kappa shape index (κ3) is 6.16. The first kappa shape index (κ1) is 33.6. The maximum atomic E-state index is 5.17. The van der Waals surface area contributed by atoms with E-state index in [1.807, 2.05) is 0 Å². The lowest BCUT2D eigenvalue weighted by Gasteiger charge is -2.12. The zero-order chi connectivity index (χ0) is 38.4. The van der Waals surface area contributed by atoms with Gasteiger partial charge in [0.05, 0.1) is 0 Å². The Morgan fingerprint density at radius 3 is 1.38 bits per heavy atom. The van der Waals surface area contributed by atoms with Gasteiger partial charge < -0.3 is 0 Å². The van der Waals surface area contributed by atoms with Gasteiger partial charge in [-0.05, 0) is 101 Å². The van der Waals surface area contributed by atoms with Crippen LogP contribution in [0, 0.1) is 0 Å². The van der Waals surface area contributed by atoms with Crippen molar-refractivity contribution >= 4 is 43.1 Å². The molecule has 11 rings (SSSR count). The van der Waals surface area contributed by atoms with Crippen molar-refractivity contribution in [2.45, 2.75) is 0 Å². The van der Waals surface area contributed by atoms with Crippen LogP contribution in [-0.4, -0.2) is 15.0 Å². The van der Waals surface area contributed by atoms with E-state index in [2.05, 4.69) is 212 Å². The molecule has 10 aromatic carbocycles. The lowest BCUT2D eigenvalue weighted by Crippen LogP contribution is -2.00. The standard InChI is InChI=1S/C55H35N3/c1-2-10-36(11-3-1)42-25-26-44-34-47(29-27-43(44)32-42)54-56-53(57-55(58-54)48-30-31-52-45(35-48)28-24-39-13-5-7-18-50(39)52)46-16-8-15-41(33-46)37-20-22-40(23-21-37)51-19-9-14-38-12-4-6-17-49(38)51/h1-35H. The molecule has 1 heterocycles. The molecule has 0 saturated carbocycles. The molecule has 0 fully saturated rings. The molecule has 0 aliphatic carbocycles. The summed E-state index contributed by atoms with van der Waals surface area (Å²) in [6.07, 6.45) is 0. The Labute approximate surface area is 336 Å². The lowest BCUT2D eigenvalue weighted by molar-refractivity contribution is 1.08. The quantitative estimate of drug-likeness (QED) is 0.160. The molecule has 0 amide bonds. The van der Waals surface area contributed by atoms with Crippen LogP contribution in [0.5, 0.6) is 0 Å². The van der Waals surface area contributed by atoms with Gasteiger partial charge in [0, 0.05) is 16.7 Å². The fraction of sp³-hybridized carbons (Fsp3) is 0. The van der Waals surface area contributed by atoms with Crippen LogP contribution in [0.3, 0.4) is 0 Å². The van der Waals surface area contributed by atoms with Crippen molar-refractivity contribution < 1.29 is 0 Å². The Hall–Kier alpha value is -7.75. The van der Waals surface area contributed by atoms with Gasteiger partial charge in [0.1, 0.15) is 0 Å². The Kier molecular flexibility index (Phi) is 8.15. The topological polar surface area (TPSA) is 38.7 Å². The first-order chi connectivity index (χ1) is 28.7. The Morgan fingerprint density at radius 2 is 0.621 bits per heavy atom. The number of hydrogen-bond acceptors (Lipinski definition) is 3. The first-order valence-electron chi connectivity index (χ1n) is 19.7. The van der Waals surface area contributed by atoms with E-state index in [1.165, 1.54) is 54.6 Å². The van der Waals surface area contributed by atoms with Gasteiger partial charge in [-0.2, -0.15) is 0 Å². The van der Waals surface area contributed by atoms with Gasteiger partial charge in [-0.25, -0.2) is 15.0 Å². The summed E-state index contributed by atoms with van der Waals surface area (Å²) in [5.41, 5.74) is 9.87. The van der Waals surface area contributed by atoms with Gasteiger partial charge in [0.25, 0.3) is 0 Å². The smallest absolute Gasteiger partial charge is 0.164 e. The normalized spacial score (nSPS) is 11.4. The molecule has 0 radical (unpaired) electrons. The number of aromatic nitrogens is 3. The highest BCUT2D eigenvalue weighted by molar-refractivity contribution is 6.08. The van der Waals surface area contributed by atoms with Crippen LogP contribution in [0.2, 0.25) is 0 Å². The molecule has 0 aliphatic heterocycles. The highest BCUT2D eigenvalue weighted by atomic mass is 15.0. The van der Waals surface area contributed by atoms with Gasteiger partial charge >= 0.3 is 0 Å². The van der Waals surface area contributed by atoms with Crippen LogP contribution < -0.4 is 0 Å². The minimum Gasteiger partial charge on any atom is -0.208 e. The average Bonchev–Trinajstić information content (AvgIpc) is 3.31. The molecule has 58 heavy (non-hydrogen) atoms. The minimum atomic E-state index is 0.632. The average molecular weight is 738 g/mol. The SMILES string of the molecule is c1ccc(-c2ccc3cc(-c4nc(-c5cccc(-c6ccc(-c7cccc8ccccc78)cc6)c5)nc(-c5ccc6c(ccc7ccccc76)c5)n4)ccc3c2)cc1. The maximum Gasteiger partial charge on any atom is 0.164 e. The summed E-state index contributed by atoms with van der Waals surface area (Å²) in [7, 11) is 0. The van der Waals surface area contributed by atoms with Crippen molar-refractivity contribution in [3.05, 3.63) is 212 Å². The van der Waals surface area contributed by atoms with Gasteiger partial charge in [0.15, 0.2) is 17.5 Å². The Morgan fingerprint density at radius 1 is 0.207 bits per heavy atom. The molecule has 11 aromatic rings. The summed E-state index contributed by atoms with van der Waals surface area (Å²) in [6, 6.07) is 75.5. The molecule has 3 nitrogen and oxygen atoms in total. The number of fused-ring (bicyclic) bond motifs is 5. The summed E-state index contributed by atoms with van der Waals surface area (Å²) >= 11 is 0. The number of hydrogen-bond donors (Lipinski definition) is 0. The van der Waals surface area contributed by atoms with Gasteiger partial charge in [-0.1, -0.05) is 188 Å². The van der Waals surface area contributed by atoms with E-state index in [-0.39, 0.29) is 0 Å². The summed E-state index contributed by atoms with van der Waals surface area (Å²) in [5, 5.41) is 9.61. The van der Waals surface area contributed by atoms with Crippen LogP contribution in [0.15, 0.2) is 212 Å². The van der Waals surface area contributed by atoms with Crippen molar-refractivity contribution in [2.24, 2.45) is 0 Å². The molecule has 1 aromatic heterocycles. The van der Waals surface area contributed by atoms with E-state index in [9.17, 15) is 0 Å². The monoisotopic (exact) mass is 737 g/mol. The van der Waals surface area contributed by atoms with Crippen LogP contribution in [0.1, 0.15) is 0 Å². The van der Waals surface area contributed by atoms with Crippen molar-refractivity contribution in [3.63, 3.8) is 0 Å². The second-order valence-corrected chi connectivity index (χ2v) is 14.9. The third-order valence-corrected chi connectivity index (χ3v) is 11.3. The van der Waals surface area contributed by atoms with E-state index in [1.54, 1.807) is 0 Å². The Bertz CT molecular complexity index is 3330. The van der Waals surface area contributed by atoms with Gasteiger partial charge in [0.2, 0.25) is 0 Å². The second-order valence-electron chi connectivity index (χ2n) is 14.9. The zero-order valence-electron chi connectivity index (χ0n) is 31.5. The highest BCUT2D eigenvalue weighted by Crippen LogP contribution is 2.35. The van der Waals surface area contributed by atoms with Crippen LogP contribution >= 0.6 is 0 Å². The predicted molar refractivity (Wildman–Crippen MR) is 242 cm³/mol. The number of rotatable bonds is 6. The number of nitrogens with zero attached hydrogens (tertiary/aromatic N) is 3. The number of benzene rings is 10. The molecule has 0 N–H and O–H groups in total. The van der Waals surface area contributed by atoms with Crippen LogP contribution in [0.4, 0.5) is 0 Å². The molecule has 0 spiro atoms. The highest BCUT2D eigenvalue weighted by Gasteiger charge is 2.15. The maximum absolute atomic E-state index is 5.17. The van der Waals surface area contributed by atoms with E-state index in [0.717, 1.165) is 38.6 Å². The Balaban J connectivity index is 1.01. The first-order valence-corrected chi connectivity index (χ1v) is 19.7. The summed E-state index contributed by atoms with van der Waals surface area (Å²) in [4.78, 5) is 15.5. The summed E-state index contributed by atoms with van der Waals surface area (Å²) in [5.74, 6) is 1.91. The minimum absolute atomic E-state index is 0.632. The van der Waals surface area contributed by atoms with E-state index in [4.69, 9.17) is 15.0 Å². The molecule has 270 valence electrons. The van der Waals surface area contributed by atoms with E-state index in [0.29, 0.717) is 17.5 Å². The van der Waals surface area contributed by atoms with Crippen molar-refractivity contribution in [2.75, 3.05) is 0 Å². The fourth-order valence-corrected chi connectivity index (χ4v) is 8.27. The molecule has 0 aliphatic rings. The van der Waals surface area contributed by atoms with E-state index < -0.39 is 0 Å². The lowest BCUT2D eigenvalue weighted by atomic mass is 9.96. The van der Waals surface area contributed by atoms with Gasteiger partial charge in [-0.3, -0.25) is 0 Å². The molecular formula is C55H35N3. The largest absolute Gasteiger partial charge is 0.208 e. The summed E-state index contributed by atoms with van der Waals surface area (Å²) in [6.45, 7) is 0. The summed E-state index contributed by atoms with van der Waals surface area (Å²) < 4.78 is 0. The second kappa shape index (κ2) is 14.1. The third-order valence-electron chi connectivity index (χ3n) is 11.3. The van der Waals surface area contributed by atoms with Crippen molar-refractivity contribution in [3.8, 4) is 67.5 Å². The van der Waals surface area contributed by atoms with Crippen molar-refractivity contribution in [1.82, 2.24) is 15.0 Å². The van der Waals surface area contributed by atoms with Gasteiger partial charge in [-0.15, -0.1) is 0 Å². The molecule has 0 bridgehead atoms. The molecular weight excluding hydrogens is 703 g/mol. The van der Waals surface area contributed by atoms with E-state index >= 15 is 0 Å². The van der Waals surface area contributed by atoms with Crippen LogP contribution in [0.25, 0.3) is 111 Å². The molecule has 0 unspecified atom stereocenters. The molecule has 3 heteroatoms. The fourth-order valence-electron chi connectivity index (χ4n) is 8.27. The molecule has 0 saturated heterocycles. The van der Waals surface area contributed by atoms with Crippen LogP contribution in [-0.2, 0) is 0 Å². The zero-order valence-corrected chi connectivity index (χ0v) is 31.5. The van der Waals surface area contributed by atoms with Crippen molar-refractivity contribution in [1.29, 1.82) is 0 Å².